The number of nitrogens with one attached hydrogen (secondary N) is 2. The Labute approximate surface area is 149 Å². The van der Waals surface area contributed by atoms with Crippen LogP contribution in [0.25, 0.3) is 21.8 Å². The van der Waals surface area contributed by atoms with E-state index in [0.29, 0.717) is 16.5 Å². The number of fused-ring (bicyclic) bond motifs is 2. The third kappa shape index (κ3) is 3.03. The zero-order valence-corrected chi connectivity index (χ0v) is 13.5. The lowest BCUT2D eigenvalue weighted by molar-refractivity contribution is -0.382. The van der Waals surface area contributed by atoms with E-state index in [4.69, 9.17) is 0 Å². The second-order valence-corrected chi connectivity index (χ2v) is 5.88. The number of hydrogen-bond acceptors (Lipinski definition) is 4. The Kier molecular flexibility index (Phi) is 3.72. The van der Waals surface area contributed by atoms with E-state index in [1.165, 1.54) is 18.2 Å². The molecule has 1 heterocycles. The van der Waals surface area contributed by atoms with Gasteiger partial charge in [-0.25, -0.2) is 4.98 Å². The molecule has 1 aromatic heterocycles. The van der Waals surface area contributed by atoms with Gasteiger partial charge < -0.3 is 10.3 Å². The van der Waals surface area contributed by atoms with Gasteiger partial charge in [-0.1, -0.05) is 24.3 Å². The number of aromatic nitrogens is 2. The zero-order chi connectivity index (χ0) is 19.2. The van der Waals surface area contributed by atoms with Crippen LogP contribution in [0.15, 0.2) is 54.6 Å². The first kappa shape index (κ1) is 16.8. The van der Waals surface area contributed by atoms with Gasteiger partial charge >= 0.3 is 6.18 Å². The highest BCUT2D eigenvalue weighted by Crippen LogP contribution is 2.36. The molecule has 0 saturated carbocycles. The molecule has 6 nitrogen and oxygen atoms in total. The van der Waals surface area contributed by atoms with Gasteiger partial charge in [0.15, 0.2) is 0 Å². The molecule has 0 radical (unpaired) electrons. The van der Waals surface area contributed by atoms with E-state index in [-0.39, 0.29) is 22.4 Å². The quantitative estimate of drug-likeness (QED) is 0.373. The van der Waals surface area contributed by atoms with Crippen LogP contribution in [-0.2, 0) is 6.18 Å². The van der Waals surface area contributed by atoms with Crippen LogP contribution in [0.5, 0.6) is 0 Å². The molecular formula is C18H11F3N4O2. The Morgan fingerprint density at radius 3 is 2.59 bits per heavy atom. The SMILES string of the molecule is O=[N+]([O-])c1c(Nc2ccc3nc(C(F)(F)F)[nH]c3c2)ccc2ccccc12. The van der Waals surface area contributed by atoms with Crippen molar-refractivity contribution in [1.29, 1.82) is 0 Å². The average Bonchev–Trinajstić information content (AvgIpc) is 3.05. The number of nitro groups is 1. The minimum atomic E-state index is -4.58. The first-order chi connectivity index (χ1) is 12.8. The van der Waals surface area contributed by atoms with Crippen LogP contribution in [0, 0.1) is 10.1 Å². The zero-order valence-electron chi connectivity index (χ0n) is 13.5. The fourth-order valence-electron chi connectivity index (χ4n) is 2.93. The van der Waals surface area contributed by atoms with E-state index < -0.39 is 16.9 Å². The summed E-state index contributed by atoms with van der Waals surface area (Å²) in [5.74, 6) is -1.09. The van der Waals surface area contributed by atoms with E-state index in [1.54, 1.807) is 36.4 Å². The van der Waals surface area contributed by atoms with E-state index in [1.807, 2.05) is 0 Å². The smallest absolute Gasteiger partial charge is 0.350 e. The number of anilines is 2. The predicted octanol–water partition coefficient (Wildman–Crippen LogP) is 5.39. The number of H-pyrrole nitrogens is 1. The van der Waals surface area contributed by atoms with Crippen molar-refractivity contribution in [2.75, 3.05) is 5.32 Å². The number of rotatable bonds is 3. The summed E-state index contributed by atoms with van der Waals surface area (Å²) in [6.07, 6.45) is -4.58. The van der Waals surface area contributed by atoms with Gasteiger partial charge in [0, 0.05) is 5.69 Å². The van der Waals surface area contributed by atoms with Gasteiger partial charge in [0.1, 0.15) is 5.69 Å². The van der Waals surface area contributed by atoms with Crippen LogP contribution in [-0.4, -0.2) is 14.9 Å². The second-order valence-electron chi connectivity index (χ2n) is 5.88. The first-order valence-corrected chi connectivity index (χ1v) is 7.83. The maximum atomic E-state index is 12.8. The number of halogens is 3. The van der Waals surface area contributed by atoms with Crippen molar-refractivity contribution in [3.63, 3.8) is 0 Å². The number of nitrogens with zero attached hydrogens (tertiary/aromatic N) is 2. The fourth-order valence-corrected chi connectivity index (χ4v) is 2.93. The molecule has 0 fully saturated rings. The molecule has 0 atom stereocenters. The summed E-state index contributed by atoms with van der Waals surface area (Å²) in [6, 6.07) is 14.6. The molecule has 0 aliphatic carbocycles. The van der Waals surface area contributed by atoms with Crippen molar-refractivity contribution in [3.8, 4) is 0 Å². The molecule has 0 aliphatic heterocycles. The lowest BCUT2D eigenvalue weighted by Gasteiger charge is -2.09. The maximum absolute atomic E-state index is 12.8. The van der Waals surface area contributed by atoms with Crippen molar-refractivity contribution in [3.05, 3.63) is 70.5 Å². The number of hydrogen-bond donors (Lipinski definition) is 2. The number of nitro benzene ring substituents is 1. The molecule has 4 rings (SSSR count). The lowest BCUT2D eigenvalue weighted by atomic mass is 10.1. The van der Waals surface area contributed by atoms with Crippen LogP contribution in [0.2, 0.25) is 0 Å². The largest absolute Gasteiger partial charge is 0.449 e. The van der Waals surface area contributed by atoms with Crippen molar-refractivity contribution < 1.29 is 18.1 Å². The van der Waals surface area contributed by atoms with Crippen LogP contribution in [0.4, 0.5) is 30.2 Å². The van der Waals surface area contributed by atoms with E-state index in [9.17, 15) is 23.3 Å². The summed E-state index contributed by atoms with van der Waals surface area (Å²) in [6.45, 7) is 0. The summed E-state index contributed by atoms with van der Waals surface area (Å²) >= 11 is 0. The lowest BCUT2D eigenvalue weighted by Crippen LogP contribution is -2.06. The Hall–Kier alpha value is -3.62. The molecule has 0 saturated heterocycles. The Bertz CT molecular complexity index is 1180. The Morgan fingerprint density at radius 2 is 1.85 bits per heavy atom. The van der Waals surface area contributed by atoms with Crippen LogP contribution in [0.1, 0.15) is 5.82 Å². The molecule has 0 bridgehead atoms. The molecule has 9 heteroatoms. The Morgan fingerprint density at radius 1 is 1.07 bits per heavy atom. The first-order valence-electron chi connectivity index (χ1n) is 7.83. The molecule has 0 amide bonds. The van der Waals surface area contributed by atoms with Gasteiger partial charge in [-0.15, -0.1) is 0 Å². The number of imidazole rings is 1. The molecule has 0 aliphatic rings. The molecule has 136 valence electrons. The maximum Gasteiger partial charge on any atom is 0.449 e. The highest BCUT2D eigenvalue weighted by atomic mass is 19.4. The van der Waals surface area contributed by atoms with Crippen LogP contribution < -0.4 is 5.32 Å². The highest BCUT2D eigenvalue weighted by Gasteiger charge is 2.34. The van der Waals surface area contributed by atoms with Crippen molar-refractivity contribution >= 4 is 38.9 Å². The number of alkyl halides is 3. The minimum Gasteiger partial charge on any atom is -0.350 e. The van der Waals surface area contributed by atoms with E-state index in [0.717, 1.165) is 0 Å². The van der Waals surface area contributed by atoms with Gasteiger partial charge in [-0.05, 0) is 35.7 Å². The number of aromatic amines is 1. The molecule has 4 aromatic rings. The summed E-state index contributed by atoms with van der Waals surface area (Å²) in [5, 5.41) is 15.7. The molecule has 27 heavy (non-hydrogen) atoms. The Balaban J connectivity index is 1.78. The van der Waals surface area contributed by atoms with Gasteiger partial charge in [-0.3, -0.25) is 10.1 Å². The van der Waals surface area contributed by atoms with Crippen LogP contribution in [0.3, 0.4) is 0 Å². The van der Waals surface area contributed by atoms with Crippen molar-refractivity contribution in [1.82, 2.24) is 9.97 Å². The van der Waals surface area contributed by atoms with E-state index in [2.05, 4.69) is 15.3 Å². The normalized spacial score (nSPS) is 11.8. The fraction of sp³-hybridized carbons (Fsp3) is 0.0556. The van der Waals surface area contributed by atoms with Gasteiger partial charge in [0.05, 0.1) is 21.3 Å². The van der Waals surface area contributed by atoms with E-state index >= 15 is 0 Å². The van der Waals surface area contributed by atoms with Crippen LogP contribution >= 0.6 is 0 Å². The van der Waals surface area contributed by atoms with Crippen molar-refractivity contribution in [2.24, 2.45) is 0 Å². The number of benzene rings is 3. The summed E-state index contributed by atoms with van der Waals surface area (Å²) in [5.41, 5.74) is 0.873. The monoisotopic (exact) mass is 372 g/mol. The molecule has 0 spiro atoms. The van der Waals surface area contributed by atoms with Gasteiger partial charge in [0.2, 0.25) is 5.82 Å². The molecule has 0 unspecified atom stereocenters. The standard InChI is InChI=1S/C18H11F3N4O2/c19-18(20,21)17-23-13-8-6-11(9-15(13)24-17)22-14-7-5-10-3-1-2-4-12(10)16(14)25(26)27/h1-9,22H,(H,23,24). The van der Waals surface area contributed by atoms with Crippen molar-refractivity contribution in [2.45, 2.75) is 6.18 Å². The summed E-state index contributed by atoms with van der Waals surface area (Å²) < 4.78 is 38.3. The second kappa shape index (κ2) is 5.97. The summed E-state index contributed by atoms with van der Waals surface area (Å²) in [4.78, 5) is 16.8. The average molecular weight is 372 g/mol. The predicted molar refractivity (Wildman–Crippen MR) is 95.0 cm³/mol. The third-order valence-corrected chi connectivity index (χ3v) is 4.11. The molecule has 2 N–H and O–H groups in total. The highest BCUT2D eigenvalue weighted by molar-refractivity contribution is 5.97. The minimum absolute atomic E-state index is 0.103. The summed E-state index contributed by atoms with van der Waals surface area (Å²) in [7, 11) is 0. The molecule has 3 aromatic carbocycles. The molecular weight excluding hydrogens is 361 g/mol. The van der Waals surface area contributed by atoms with Gasteiger partial charge in [-0.2, -0.15) is 13.2 Å². The van der Waals surface area contributed by atoms with Gasteiger partial charge in [0.25, 0.3) is 5.69 Å². The third-order valence-electron chi connectivity index (χ3n) is 4.11. The topological polar surface area (TPSA) is 83.8 Å².